The first-order valence-electron chi connectivity index (χ1n) is 6.90. The fraction of sp³-hybridized carbons (Fsp3) is 0.571. The number of nitrogens with zero attached hydrogens (tertiary/aromatic N) is 3. The summed E-state index contributed by atoms with van der Waals surface area (Å²) in [5.41, 5.74) is 7.36. The highest BCUT2D eigenvalue weighted by Gasteiger charge is 2.19. The van der Waals surface area contributed by atoms with Gasteiger partial charge in [0, 0.05) is 29.0 Å². The minimum Gasteiger partial charge on any atom is -0.383 e. The number of thiophene rings is 1. The van der Waals surface area contributed by atoms with Crippen LogP contribution in [0.4, 0.5) is 5.82 Å². The molecule has 0 saturated carbocycles. The third-order valence-electron chi connectivity index (χ3n) is 3.79. The van der Waals surface area contributed by atoms with Crippen LogP contribution in [0, 0.1) is 13.8 Å². The number of anilines is 1. The lowest BCUT2D eigenvalue weighted by atomic mass is 10.2. The second-order valence-electron chi connectivity index (χ2n) is 5.40. The van der Waals surface area contributed by atoms with Gasteiger partial charge in [-0.25, -0.2) is 9.97 Å². The van der Waals surface area contributed by atoms with Crippen molar-refractivity contribution in [3.05, 3.63) is 16.3 Å². The predicted molar refractivity (Wildman–Crippen MR) is 88.5 cm³/mol. The van der Waals surface area contributed by atoms with Gasteiger partial charge in [0.15, 0.2) is 0 Å². The molecule has 1 atom stereocenters. The SMILES string of the molecule is Cc1sc2nc(CN3CCSC(C)C3)nc(N)c2c1C. The molecular formula is C14H20N4S2. The Labute approximate surface area is 127 Å². The minimum atomic E-state index is 0.631. The lowest BCUT2D eigenvalue weighted by Crippen LogP contribution is -2.36. The molecular weight excluding hydrogens is 288 g/mol. The van der Waals surface area contributed by atoms with Gasteiger partial charge in [-0.2, -0.15) is 11.8 Å². The molecule has 20 heavy (non-hydrogen) atoms. The van der Waals surface area contributed by atoms with E-state index in [1.807, 2.05) is 11.8 Å². The lowest BCUT2D eigenvalue weighted by molar-refractivity contribution is 0.272. The summed E-state index contributed by atoms with van der Waals surface area (Å²) in [6, 6.07) is 0. The number of hydrogen-bond acceptors (Lipinski definition) is 6. The van der Waals surface area contributed by atoms with Crippen molar-refractivity contribution in [1.82, 2.24) is 14.9 Å². The van der Waals surface area contributed by atoms with Crippen molar-refractivity contribution in [3.8, 4) is 0 Å². The van der Waals surface area contributed by atoms with Crippen molar-refractivity contribution >= 4 is 39.1 Å². The normalized spacial score (nSPS) is 20.6. The number of fused-ring (bicyclic) bond motifs is 1. The summed E-state index contributed by atoms with van der Waals surface area (Å²) in [6.07, 6.45) is 0. The summed E-state index contributed by atoms with van der Waals surface area (Å²) in [5, 5.41) is 1.73. The van der Waals surface area contributed by atoms with Crippen LogP contribution in [0.2, 0.25) is 0 Å². The van der Waals surface area contributed by atoms with Crippen LogP contribution >= 0.6 is 23.1 Å². The molecule has 1 aliphatic heterocycles. The molecule has 0 spiro atoms. The summed E-state index contributed by atoms with van der Waals surface area (Å²) in [5.74, 6) is 2.68. The second kappa shape index (κ2) is 5.50. The van der Waals surface area contributed by atoms with Crippen LogP contribution in [0.1, 0.15) is 23.2 Å². The molecule has 3 rings (SSSR count). The molecule has 6 heteroatoms. The van der Waals surface area contributed by atoms with E-state index >= 15 is 0 Å². The van der Waals surface area contributed by atoms with Crippen LogP contribution in [-0.4, -0.2) is 39.0 Å². The maximum Gasteiger partial charge on any atom is 0.146 e. The van der Waals surface area contributed by atoms with Crippen molar-refractivity contribution < 1.29 is 0 Å². The quantitative estimate of drug-likeness (QED) is 0.924. The molecule has 0 bridgehead atoms. The van der Waals surface area contributed by atoms with Gasteiger partial charge in [0.2, 0.25) is 0 Å². The summed E-state index contributed by atoms with van der Waals surface area (Å²) < 4.78 is 0. The summed E-state index contributed by atoms with van der Waals surface area (Å²) in [6.45, 7) is 9.51. The Morgan fingerprint density at radius 2 is 2.15 bits per heavy atom. The predicted octanol–water partition coefficient (Wildman–Crippen LogP) is 2.83. The fourth-order valence-corrected chi connectivity index (χ4v) is 4.77. The Kier molecular flexibility index (Phi) is 3.88. The van der Waals surface area contributed by atoms with Gasteiger partial charge >= 0.3 is 0 Å². The molecule has 0 radical (unpaired) electrons. The van der Waals surface area contributed by atoms with Crippen molar-refractivity contribution in [2.45, 2.75) is 32.6 Å². The fourth-order valence-electron chi connectivity index (χ4n) is 2.63. The van der Waals surface area contributed by atoms with Gasteiger partial charge in [-0.05, 0) is 19.4 Å². The second-order valence-corrected chi connectivity index (χ2v) is 8.15. The Hall–Kier alpha value is -0.850. The van der Waals surface area contributed by atoms with Crippen molar-refractivity contribution in [2.75, 3.05) is 24.6 Å². The zero-order chi connectivity index (χ0) is 14.3. The number of nitrogen functional groups attached to an aromatic ring is 1. The Morgan fingerprint density at radius 3 is 2.90 bits per heavy atom. The molecule has 1 saturated heterocycles. The van der Waals surface area contributed by atoms with Gasteiger partial charge < -0.3 is 5.73 Å². The van der Waals surface area contributed by atoms with Crippen LogP contribution in [0.15, 0.2) is 0 Å². The third kappa shape index (κ3) is 2.64. The molecule has 3 heterocycles. The molecule has 0 aliphatic carbocycles. The van der Waals surface area contributed by atoms with Crippen molar-refractivity contribution in [2.24, 2.45) is 0 Å². The summed E-state index contributed by atoms with van der Waals surface area (Å²) in [7, 11) is 0. The van der Waals surface area contributed by atoms with E-state index in [1.54, 1.807) is 11.3 Å². The number of hydrogen-bond donors (Lipinski definition) is 1. The first-order valence-corrected chi connectivity index (χ1v) is 8.77. The highest BCUT2D eigenvalue weighted by Crippen LogP contribution is 2.32. The van der Waals surface area contributed by atoms with Crippen LogP contribution in [0.3, 0.4) is 0 Å². The largest absolute Gasteiger partial charge is 0.383 e. The number of nitrogens with two attached hydrogens (primary N) is 1. The van der Waals surface area contributed by atoms with Crippen LogP contribution in [0.5, 0.6) is 0 Å². The van der Waals surface area contributed by atoms with E-state index in [1.165, 1.54) is 16.2 Å². The number of rotatable bonds is 2. The average Bonchev–Trinajstić information content (AvgIpc) is 2.65. The maximum absolute atomic E-state index is 6.14. The molecule has 0 aromatic carbocycles. The third-order valence-corrected chi connectivity index (χ3v) is 6.03. The van der Waals surface area contributed by atoms with Gasteiger partial charge in [0.05, 0.1) is 11.9 Å². The Morgan fingerprint density at radius 1 is 1.35 bits per heavy atom. The van der Waals surface area contributed by atoms with Crippen LogP contribution in [0.25, 0.3) is 10.2 Å². The zero-order valence-corrected chi connectivity index (χ0v) is 13.8. The van der Waals surface area contributed by atoms with E-state index in [9.17, 15) is 0 Å². The number of thioether (sulfide) groups is 1. The summed E-state index contributed by atoms with van der Waals surface area (Å²) >= 11 is 3.75. The Bertz CT molecular complexity index is 638. The van der Waals surface area contributed by atoms with Crippen molar-refractivity contribution in [1.29, 1.82) is 0 Å². The van der Waals surface area contributed by atoms with E-state index in [4.69, 9.17) is 10.7 Å². The van der Waals surface area contributed by atoms with E-state index in [-0.39, 0.29) is 0 Å². The lowest BCUT2D eigenvalue weighted by Gasteiger charge is -2.29. The monoisotopic (exact) mass is 308 g/mol. The number of aromatic nitrogens is 2. The van der Waals surface area contributed by atoms with Gasteiger partial charge in [-0.1, -0.05) is 6.92 Å². The molecule has 2 aromatic heterocycles. The molecule has 1 unspecified atom stereocenters. The first kappa shape index (κ1) is 14.1. The maximum atomic E-state index is 6.14. The van der Waals surface area contributed by atoms with Gasteiger partial charge in [0.1, 0.15) is 16.5 Å². The molecule has 2 aromatic rings. The van der Waals surface area contributed by atoms with Gasteiger partial charge in [0.25, 0.3) is 0 Å². The molecule has 1 aliphatic rings. The van der Waals surface area contributed by atoms with Gasteiger partial charge in [-0.3, -0.25) is 4.90 Å². The van der Waals surface area contributed by atoms with Crippen LogP contribution in [-0.2, 0) is 6.54 Å². The highest BCUT2D eigenvalue weighted by molar-refractivity contribution is 7.99. The molecule has 2 N–H and O–H groups in total. The minimum absolute atomic E-state index is 0.631. The van der Waals surface area contributed by atoms with E-state index < -0.39 is 0 Å². The highest BCUT2D eigenvalue weighted by atomic mass is 32.2. The topological polar surface area (TPSA) is 55.0 Å². The van der Waals surface area contributed by atoms with Gasteiger partial charge in [-0.15, -0.1) is 11.3 Å². The van der Waals surface area contributed by atoms with E-state index in [0.717, 1.165) is 35.7 Å². The molecule has 0 amide bonds. The average molecular weight is 308 g/mol. The van der Waals surface area contributed by atoms with E-state index in [0.29, 0.717) is 11.1 Å². The van der Waals surface area contributed by atoms with E-state index in [2.05, 4.69) is 30.7 Å². The van der Waals surface area contributed by atoms with Crippen LogP contribution < -0.4 is 5.73 Å². The smallest absolute Gasteiger partial charge is 0.146 e. The molecule has 1 fully saturated rings. The molecule has 4 nitrogen and oxygen atoms in total. The zero-order valence-electron chi connectivity index (χ0n) is 12.1. The number of aryl methyl sites for hydroxylation is 2. The first-order chi connectivity index (χ1) is 9.54. The standard InChI is InChI=1S/C14H20N4S2/c1-8-6-18(4-5-19-8)7-11-16-13(15)12-9(2)10(3)20-14(12)17-11/h8H,4-7H2,1-3H3,(H2,15,16,17). The van der Waals surface area contributed by atoms with Crippen molar-refractivity contribution in [3.63, 3.8) is 0 Å². The molecule has 108 valence electrons. The summed E-state index contributed by atoms with van der Waals surface area (Å²) in [4.78, 5) is 14.0. The Balaban J connectivity index is 1.89.